The SMILES string of the molecule is COC(=O)C1CCCN1C1CCNCC1. The van der Waals surface area contributed by atoms with Gasteiger partial charge >= 0.3 is 5.97 Å². The van der Waals surface area contributed by atoms with E-state index >= 15 is 0 Å². The van der Waals surface area contributed by atoms with Gasteiger partial charge in [-0.05, 0) is 45.3 Å². The summed E-state index contributed by atoms with van der Waals surface area (Å²) in [6, 6.07) is 0.607. The van der Waals surface area contributed by atoms with Crippen LogP contribution in [0.1, 0.15) is 25.7 Å². The lowest BCUT2D eigenvalue weighted by atomic mass is 10.0. The minimum Gasteiger partial charge on any atom is -0.468 e. The average molecular weight is 212 g/mol. The first-order valence-corrected chi connectivity index (χ1v) is 5.87. The van der Waals surface area contributed by atoms with Gasteiger partial charge in [0.1, 0.15) is 6.04 Å². The molecule has 0 spiro atoms. The first-order chi connectivity index (χ1) is 7.33. The average Bonchev–Trinajstić information content (AvgIpc) is 2.78. The second-order valence-corrected chi connectivity index (χ2v) is 4.40. The molecule has 0 aromatic rings. The summed E-state index contributed by atoms with van der Waals surface area (Å²) < 4.78 is 4.86. The number of rotatable bonds is 2. The van der Waals surface area contributed by atoms with Gasteiger partial charge in [-0.2, -0.15) is 0 Å². The molecule has 4 nitrogen and oxygen atoms in total. The van der Waals surface area contributed by atoms with E-state index in [9.17, 15) is 4.79 Å². The van der Waals surface area contributed by atoms with Crippen molar-refractivity contribution in [2.45, 2.75) is 37.8 Å². The number of methoxy groups -OCH3 is 1. The third-order valence-electron chi connectivity index (χ3n) is 3.55. The Labute approximate surface area is 91.0 Å². The molecule has 15 heavy (non-hydrogen) atoms. The maximum Gasteiger partial charge on any atom is 0.323 e. The van der Waals surface area contributed by atoms with Crippen LogP contribution in [0.5, 0.6) is 0 Å². The summed E-state index contributed by atoms with van der Waals surface area (Å²) in [5, 5.41) is 3.35. The van der Waals surface area contributed by atoms with Crippen LogP contribution in [0.25, 0.3) is 0 Å². The molecular weight excluding hydrogens is 192 g/mol. The number of hydrogen-bond donors (Lipinski definition) is 1. The van der Waals surface area contributed by atoms with E-state index in [1.807, 2.05) is 0 Å². The second kappa shape index (κ2) is 4.94. The summed E-state index contributed by atoms with van der Waals surface area (Å²) in [5.41, 5.74) is 0. The lowest BCUT2D eigenvalue weighted by Crippen LogP contribution is -2.48. The van der Waals surface area contributed by atoms with E-state index < -0.39 is 0 Å². The highest BCUT2D eigenvalue weighted by atomic mass is 16.5. The molecule has 0 bridgehead atoms. The third-order valence-corrected chi connectivity index (χ3v) is 3.55. The number of carbonyl (C=O) groups excluding carboxylic acids is 1. The Morgan fingerprint density at radius 3 is 2.73 bits per heavy atom. The molecular formula is C11H20N2O2. The molecule has 0 radical (unpaired) electrons. The maximum absolute atomic E-state index is 11.6. The maximum atomic E-state index is 11.6. The first kappa shape index (κ1) is 10.9. The van der Waals surface area contributed by atoms with E-state index in [0.29, 0.717) is 6.04 Å². The molecule has 1 atom stereocenters. The number of ether oxygens (including phenoxy) is 1. The van der Waals surface area contributed by atoms with Crippen LogP contribution in [0.15, 0.2) is 0 Å². The Hall–Kier alpha value is -0.610. The van der Waals surface area contributed by atoms with Crippen molar-refractivity contribution in [3.8, 4) is 0 Å². The molecule has 0 aromatic heterocycles. The van der Waals surface area contributed by atoms with Gasteiger partial charge in [-0.1, -0.05) is 0 Å². The Bertz CT molecular complexity index is 227. The van der Waals surface area contributed by atoms with Gasteiger partial charge in [-0.15, -0.1) is 0 Å². The number of hydrogen-bond acceptors (Lipinski definition) is 4. The number of esters is 1. The van der Waals surface area contributed by atoms with E-state index in [-0.39, 0.29) is 12.0 Å². The monoisotopic (exact) mass is 212 g/mol. The molecule has 0 amide bonds. The Morgan fingerprint density at radius 1 is 1.33 bits per heavy atom. The fraction of sp³-hybridized carbons (Fsp3) is 0.909. The van der Waals surface area contributed by atoms with E-state index in [1.165, 1.54) is 7.11 Å². The van der Waals surface area contributed by atoms with Crippen LogP contribution in [0, 0.1) is 0 Å². The van der Waals surface area contributed by atoms with Gasteiger partial charge in [0.2, 0.25) is 0 Å². The zero-order valence-electron chi connectivity index (χ0n) is 9.37. The summed E-state index contributed by atoms with van der Waals surface area (Å²) in [7, 11) is 1.49. The smallest absolute Gasteiger partial charge is 0.323 e. The third kappa shape index (κ3) is 2.32. The van der Waals surface area contributed by atoms with Gasteiger partial charge in [0.15, 0.2) is 0 Å². The molecule has 2 fully saturated rings. The zero-order valence-corrected chi connectivity index (χ0v) is 9.37. The molecule has 2 rings (SSSR count). The molecule has 86 valence electrons. The molecule has 2 heterocycles. The molecule has 1 N–H and O–H groups in total. The summed E-state index contributed by atoms with van der Waals surface area (Å²) in [5.74, 6) is -0.0500. The van der Waals surface area contributed by atoms with Crippen LogP contribution in [-0.4, -0.2) is 49.7 Å². The second-order valence-electron chi connectivity index (χ2n) is 4.40. The van der Waals surface area contributed by atoms with Crippen LogP contribution in [0.4, 0.5) is 0 Å². The van der Waals surface area contributed by atoms with Gasteiger partial charge < -0.3 is 10.1 Å². The minimum absolute atomic E-state index is 0.0260. The topological polar surface area (TPSA) is 41.6 Å². The highest BCUT2D eigenvalue weighted by molar-refractivity contribution is 5.76. The predicted octanol–water partition coefficient (Wildman–Crippen LogP) is 0.376. The van der Waals surface area contributed by atoms with Crippen LogP contribution in [-0.2, 0) is 9.53 Å². The van der Waals surface area contributed by atoms with Gasteiger partial charge in [0, 0.05) is 6.04 Å². The molecule has 2 aliphatic heterocycles. The molecule has 0 aromatic carbocycles. The standard InChI is InChI=1S/C11H20N2O2/c1-15-11(14)10-3-2-8-13(10)9-4-6-12-7-5-9/h9-10,12H,2-8H2,1H3. The van der Waals surface area contributed by atoms with Crippen molar-refractivity contribution < 1.29 is 9.53 Å². The first-order valence-electron chi connectivity index (χ1n) is 5.87. The van der Waals surface area contributed by atoms with Crippen molar-refractivity contribution in [2.75, 3.05) is 26.7 Å². The number of nitrogens with zero attached hydrogens (tertiary/aromatic N) is 1. The molecule has 1 unspecified atom stereocenters. The Kier molecular flexibility index (Phi) is 3.59. The van der Waals surface area contributed by atoms with Crippen molar-refractivity contribution in [2.24, 2.45) is 0 Å². The summed E-state index contributed by atoms with van der Waals surface area (Å²) in [6.07, 6.45) is 4.42. The molecule has 2 aliphatic rings. The van der Waals surface area contributed by atoms with E-state index in [2.05, 4.69) is 10.2 Å². The van der Waals surface area contributed by atoms with Crippen LogP contribution in [0.2, 0.25) is 0 Å². The van der Waals surface area contributed by atoms with Crippen LogP contribution >= 0.6 is 0 Å². The summed E-state index contributed by atoms with van der Waals surface area (Å²) in [6.45, 7) is 3.22. The normalized spacial score (nSPS) is 29.3. The highest BCUT2D eigenvalue weighted by Gasteiger charge is 2.36. The molecule has 4 heteroatoms. The van der Waals surface area contributed by atoms with E-state index in [0.717, 1.165) is 45.3 Å². The quantitative estimate of drug-likeness (QED) is 0.672. The Balaban J connectivity index is 1.97. The summed E-state index contributed by atoms with van der Waals surface area (Å²) in [4.78, 5) is 13.9. The summed E-state index contributed by atoms with van der Waals surface area (Å²) >= 11 is 0. The minimum atomic E-state index is -0.0500. The lowest BCUT2D eigenvalue weighted by molar-refractivity contribution is -0.146. The number of likely N-dealkylation sites (tertiary alicyclic amines) is 1. The highest BCUT2D eigenvalue weighted by Crippen LogP contribution is 2.24. The van der Waals surface area contributed by atoms with Crippen LogP contribution in [0.3, 0.4) is 0 Å². The fourth-order valence-corrected chi connectivity index (χ4v) is 2.75. The van der Waals surface area contributed by atoms with Crippen molar-refractivity contribution in [3.05, 3.63) is 0 Å². The lowest BCUT2D eigenvalue weighted by Gasteiger charge is -2.34. The van der Waals surface area contributed by atoms with Crippen molar-refractivity contribution in [1.82, 2.24) is 10.2 Å². The van der Waals surface area contributed by atoms with E-state index in [4.69, 9.17) is 4.74 Å². The van der Waals surface area contributed by atoms with Gasteiger partial charge in [0.05, 0.1) is 7.11 Å². The molecule has 0 saturated carbocycles. The van der Waals surface area contributed by atoms with E-state index in [1.54, 1.807) is 0 Å². The van der Waals surface area contributed by atoms with Gasteiger partial charge in [-0.3, -0.25) is 9.69 Å². The number of nitrogens with one attached hydrogen (secondary N) is 1. The zero-order chi connectivity index (χ0) is 10.7. The predicted molar refractivity (Wildman–Crippen MR) is 57.6 cm³/mol. The molecule has 0 aliphatic carbocycles. The van der Waals surface area contributed by atoms with Gasteiger partial charge in [0.25, 0.3) is 0 Å². The van der Waals surface area contributed by atoms with Crippen molar-refractivity contribution in [1.29, 1.82) is 0 Å². The fourth-order valence-electron chi connectivity index (χ4n) is 2.75. The van der Waals surface area contributed by atoms with Crippen LogP contribution < -0.4 is 5.32 Å². The van der Waals surface area contributed by atoms with Crippen molar-refractivity contribution >= 4 is 5.97 Å². The number of piperidine rings is 1. The molecule has 2 saturated heterocycles. The van der Waals surface area contributed by atoms with Crippen molar-refractivity contribution in [3.63, 3.8) is 0 Å². The van der Waals surface area contributed by atoms with Gasteiger partial charge in [-0.25, -0.2) is 0 Å². The largest absolute Gasteiger partial charge is 0.468 e. The number of carbonyl (C=O) groups is 1. The Morgan fingerprint density at radius 2 is 2.07 bits per heavy atom.